The van der Waals surface area contributed by atoms with Crippen LogP contribution in [0.3, 0.4) is 0 Å². The summed E-state index contributed by atoms with van der Waals surface area (Å²) in [6, 6.07) is 5.44. The standard InChI is InChI=1S/C13H13BrN2O3S/c1-19-10-3-2-8(6-9(10)14)7-11-12(17)16(5-4-15)13(18)20-11/h2-3,6-7H,4-5,15H2,1H3. The van der Waals surface area contributed by atoms with E-state index < -0.39 is 0 Å². The van der Waals surface area contributed by atoms with Gasteiger partial charge in [-0.3, -0.25) is 14.5 Å². The lowest BCUT2D eigenvalue weighted by atomic mass is 10.2. The average Bonchev–Trinajstić information content (AvgIpc) is 2.67. The Morgan fingerprint density at radius 1 is 1.45 bits per heavy atom. The van der Waals surface area contributed by atoms with E-state index in [0.717, 1.165) is 26.7 Å². The highest BCUT2D eigenvalue weighted by Crippen LogP contribution is 2.33. The molecule has 20 heavy (non-hydrogen) atoms. The first-order valence-corrected chi connectivity index (χ1v) is 7.46. The maximum atomic E-state index is 12.0. The number of hydrogen-bond acceptors (Lipinski definition) is 5. The summed E-state index contributed by atoms with van der Waals surface area (Å²) in [6.45, 7) is 0.508. The molecule has 1 aromatic rings. The number of amides is 2. The normalized spacial score (nSPS) is 17.1. The van der Waals surface area contributed by atoms with Crippen LogP contribution in [0.25, 0.3) is 6.08 Å². The van der Waals surface area contributed by atoms with Gasteiger partial charge in [-0.25, -0.2) is 0 Å². The van der Waals surface area contributed by atoms with Crippen LogP contribution < -0.4 is 10.5 Å². The minimum Gasteiger partial charge on any atom is -0.496 e. The average molecular weight is 357 g/mol. The van der Waals surface area contributed by atoms with Gasteiger partial charge in [-0.15, -0.1) is 0 Å². The van der Waals surface area contributed by atoms with E-state index >= 15 is 0 Å². The van der Waals surface area contributed by atoms with Crippen molar-refractivity contribution in [3.63, 3.8) is 0 Å². The summed E-state index contributed by atoms with van der Waals surface area (Å²) < 4.78 is 5.93. The van der Waals surface area contributed by atoms with E-state index in [1.165, 1.54) is 0 Å². The fourth-order valence-electron chi connectivity index (χ4n) is 1.75. The highest BCUT2D eigenvalue weighted by molar-refractivity contribution is 9.10. The highest BCUT2D eigenvalue weighted by atomic mass is 79.9. The van der Waals surface area contributed by atoms with Gasteiger partial charge in [0.15, 0.2) is 0 Å². The number of nitrogens with zero attached hydrogens (tertiary/aromatic N) is 1. The smallest absolute Gasteiger partial charge is 0.293 e. The molecule has 7 heteroatoms. The number of hydrogen-bond donors (Lipinski definition) is 1. The Bertz CT molecular complexity index is 589. The molecule has 2 amide bonds. The monoisotopic (exact) mass is 356 g/mol. The quantitative estimate of drug-likeness (QED) is 0.838. The first-order valence-electron chi connectivity index (χ1n) is 5.85. The fourth-order valence-corrected chi connectivity index (χ4v) is 3.17. The number of ether oxygens (including phenoxy) is 1. The third kappa shape index (κ3) is 3.05. The van der Waals surface area contributed by atoms with Crippen molar-refractivity contribution >= 4 is 44.9 Å². The molecule has 0 saturated carbocycles. The van der Waals surface area contributed by atoms with E-state index in [-0.39, 0.29) is 24.2 Å². The third-order valence-corrected chi connectivity index (χ3v) is 4.23. The molecule has 0 aromatic heterocycles. The zero-order valence-corrected chi connectivity index (χ0v) is 13.2. The molecule has 1 aromatic carbocycles. The van der Waals surface area contributed by atoms with Gasteiger partial charge in [-0.05, 0) is 51.5 Å². The SMILES string of the molecule is COc1ccc(C=C2SC(=O)N(CCN)C2=O)cc1Br. The Hall–Kier alpha value is -1.31. The Labute approximate surface area is 129 Å². The zero-order valence-electron chi connectivity index (χ0n) is 10.8. The summed E-state index contributed by atoms with van der Waals surface area (Å²) in [5.41, 5.74) is 6.20. The molecule has 1 aliphatic heterocycles. The molecule has 0 aliphatic carbocycles. The third-order valence-electron chi connectivity index (χ3n) is 2.70. The van der Waals surface area contributed by atoms with Crippen molar-refractivity contribution < 1.29 is 14.3 Å². The van der Waals surface area contributed by atoms with E-state index in [4.69, 9.17) is 10.5 Å². The Morgan fingerprint density at radius 3 is 2.80 bits per heavy atom. The molecule has 0 spiro atoms. The number of nitrogens with two attached hydrogens (primary N) is 1. The molecule has 2 N–H and O–H groups in total. The summed E-state index contributed by atoms with van der Waals surface area (Å²) in [4.78, 5) is 25.3. The largest absolute Gasteiger partial charge is 0.496 e. The van der Waals surface area contributed by atoms with Crippen LogP contribution in [0.15, 0.2) is 27.6 Å². The number of thioether (sulfide) groups is 1. The van der Waals surface area contributed by atoms with Crippen LogP contribution in [-0.2, 0) is 4.79 Å². The summed E-state index contributed by atoms with van der Waals surface area (Å²) in [7, 11) is 1.58. The predicted octanol–water partition coefficient (Wildman–Crippen LogP) is 2.45. The Kier molecular flexibility index (Phi) is 4.85. The maximum absolute atomic E-state index is 12.0. The number of carbonyl (C=O) groups excluding carboxylic acids is 2. The van der Waals surface area contributed by atoms with Crippen LogP contribution in [0, 0.1) is 0 Å². The van der Waals surface area contributed by atoms with Gasteiger partial charge < -0.3 is 10.5 Å². The van der Waals surface area contributed by atoms with Gasteiger partial charge in [0, 0.05) is 13.1 Å². The van der Waals surface area contributed by atoms with Crippen molar-refractivity contribution in [2.75, 3.05) is 20.2 Å². The molecule has 1 fully saturated rings. The van der Waals surface area contributed by atoms with Crippen molar-refractivity contribution in [3.05, 3.63) is 33.1 Å². The van der Waals surface area contributed by atoms with E-state index in [2.05, 4.69) is 15.9 Å². The molecule has 0 atom stereocenters. The topological polar surface area (TPSA) is 72.6 Å². The summed E-state index contributed by atoms with van der Waals surface area (Å²) in [5.74, 6) is 0.413. The second-order valence-electron chi connectivity index (χ2n) is 4.02. The lowest BCUT2D eigenvalue weighted by Gasteiger charge is -2.09. The summed E-state index contributed by atoms with van der Waals surface area (Å²) >= 11 is 4.31. The molecule has 5 nitrogen and oxygen atoms in total. The first kappa shape index (κ1) is 15.1. The van der Waals surface area contributed by atoms with Crippen LogP contribution in [0.2, 0.25) is 0 Å². The number of methoxy groups -OCH3 is 1. The van der Waals surface area contributed by atoms with E-state index in [1.54, 1.807) is 19.3 Å². The Balaban J connectivity index is 2.26. The van der Waals surface area contributed by atoms with E-state index in [1.807, 2.05) is 12.1 Å². The molecule has 1 aliphatic rings. The lowest BCUT2D eigenvalue weighted by molar-refractivity contribution is -0.122. The molecular weight excluding hydrogens is 344 g/mol. The number of imide groups is 1. The van der Waals surface area contributed by atoms with Crippen molar-refractivity contribution in [1.82, 2.24) is 4.90 Å². The molecular formula is C13H13BrN2O3S. The molecule has 0 bridgehead atoms. The van der Waals surface area contributed by atoms with Gasteiger partial charge >= 0.3 is 0 Å². The molecule has 1 saturated heterocycles. The highest BCUT2D eigenvalue weighted by Gasteiger charge is 2.34. The molecule has 0 unspecified atom stereocenters. The summed E-state index contributed by atoms with van der Waals surface area (Å²) in [5, 5.41) is -0.278. The molecule has 0 radical (unpaired) electrons. The van der Waals surface area contributed by atoms with Gasteiger partial charge in [-0.2, -0.15) is 0 Å². The van der Waals surface area contributed by atoms with Gasteiger partial charge in [0.2, 0.25) is 0 Å². The second-order valence-corrected chi connectivity index (χ2v) is 5.86. The van der Waals surface area contributed by atoms with Crippen LogP contribution >= 0.6 is 27.7 Å². The lowest BCUT2D eigenvalue weighted by Crippen LogP contribution is -2.33. The molecule has 2 rings (SSSR count). The Morgan fingerprint density at radius 2 is 2.20 bits per heavy atom. The van der Waals surface area contributed by atoms with Crippen LogP contribution in [0.5, 0.6) is 5.75 Å². The van der Waals surface area contributed by atoms with Crippen LogP contribution in [0.1, 0.15) is 5.56 Å². The van der Waals surface area contributed by atoms with Crippen molar-refractivity contribution in [2.45, 2.75) is 0 Å². The number of rotatable bonds is 4. The van der Waals surface area contributed by atoms with E-state index in [0.29, 0.717) is 10.7 Å². The molecule has 1 heterocycles. The van der Waals surface area contributed by atoms with Gasteiger partial charge in [0.05, 0.1) is 16.5 Å². The van der Waals surface area contributed by atoms with Crippen molar-refractivity contribution in [1.29, 1.82) is 0 Å². The first-order chi connectivity index (χ1) is 9.56. The van der Waals surface area contributed by atoms with E-state index in [9.17, 15) is 9.59 Å². The number of benzene rings is 1. The zero-order chi connectivity index (χ0) is 14.7. The minimum absolute atomic E-state index is 0.244. The van der Waals surface area contributed by atoms with Crippen LogP contribution in [-0.4, -0.2) is 36.2 Å². The van der Waals surface area contributed by atoms with Gasteiger partial charge in [-0.1, -0.05) is 6.07 Å². The number of carbonyl (C=O) groups is 2. The van der Waals surface area contributed by atoms with Crippen LogP contribution in [0.4, 0.5) is 4.79 Å². The maximum Gasteiger partial charge on any atom is 0.293 e. The van der Waals surface area contributed by atoms with Gasteiger partial charge in [0.1, 0.15) is 5.75 Å². The number of halogens is 1. The second kappa shape index (κ2) is 6.43. The minimum atomic E-state index is -0.294. The predicted molar refractivity (Wildman–Crippen MR) is 82.4 cm³/mol. The fraction of sp³-hybridized carbons (Fsp3) is 0.231. The van der Waals surface area contributed by atoms with Crippen molar-refractivity contribution in [2.24, 2.45) is 5.73 Å². The van der Waals surface area contributed by atoms with Crippen molar-refractivity contribution in [3.8, 4) is 5.75 Å². The van der Waals surface area contributed by atoms with Gasteiger partial charge in [0.25, 0.3) is 11.1 Å². The summed E-state index contributed by atoms with van der Waals surface area (Å²) in [6.07, 6.45) is 1.69. The molecule has 106 valence electrons.